The van der Waals surface area contributed by atoms with Gasteiger partial charge in [0.15, 0.2) is 0 Å². The van der Waals surface area contributed by atoms with Crippen molar-refractivity contribution in [3.63, 3.8) is 0 Å². The Morgan fingerprint density at radius 3 is 2.50 bits per heavy atom. The SMILES string of the molecule is CC1(C)C(C=C(Cl)Cl)C1C(=O)OCc1ccc(Cl)c(-c2ccccc2)c1. The summed E-state index contributed by atoms with van der Waals surface area (Å²) in [6.45, 7) is 4.21. The summed E-state index contributed by atoms with van der Waals surface area (Å²) < 4.78 is 5.72. The molecule has 0 bridgehead atoms. The minimum Gasteiger partial charge on any atom is -0.461 e. The highest BCUT2D eigenvalue weighted by Crippen LogP contribution is 2.60. The van der Waals surface area contributed by atoms with E-state index in [1.54, 1.807) is 6.08 Å². The van der Waals surface area contributed by atoms with E-state index < -0.39 is 0 Å². The van der Waals surface area contributed by atoms with Crippen molar-refractivity contribution in [2.45, 2.75) is 20.5 Å². The normalized spacial score (nSPS) is 20.3. The summed E-state index contributed by atoms with van der Waals surface area (Å²) in [5.41, 5.74) is 2.64. The minimum atomic E-state index is -0.234. The maximum atomic E-state index is 12.4. The first-order chi connectivity index (χ1) is 12.3. The third kappa shape index (κ3) is 4.09. The molecule has 5 heteroatoms. The summed E-state index contributed by atoms with van der Waals surface area (Å²) >= 11 is 17.8. The van der Waals surface area contributed by atoms with E-state index in [0.29, 0.717) is 5.02 Å². The van der Waals surface area contributed by atoms with E-state index in [-0.39, 0.29) is 34.3 Å². The molecular formula is C21H19Cl3O2. The molecule has 26 heavy (non-hydrogen) atoms. The molecule has 2 aromatic rings. The Morgan fingerprint density at radius 1 is 1.15 bits per heavy atom. The number of esters is 1. The van der Waals surface area contributed by atoms with E-state index in [9.17, 15) is 4.79 Å². The monoisotopic (exact) mass is 408 g/mol. The number of carbonyl (C=O) groups excluding carboxylic acids is 1. The van der Waals surface area contributed by atoms with Crippen LogP contribution >= 0.6 is 34.8 Å². The second-order valence-electron chi connectivity index (χ2n) is 7.07. The predicted octanol–water partition coefficient (Wildman–Crippen LogP) is 6.64. The number of benzene rings is 2. The molecule has 0 aliphatic heterocycles. The van der Waals surface area contributed by atoms with Gasteiger partial charge in [0.05, 0.1) is 5.92 Å². The van der Waals surface area contributed by atoms with Crippen molar-refractivity contribution < 1.29 is 9.53 Å². The Kier molecular flexibility index (Phi) is 5.67. The lowest BCUT2D eigenvalue weighted by Crippen LogP contribution is -2.10. The van der Waals surface area contributed by atoms with Crippen LogP contribution in [0.3, 0.4) is 0 Å². The molecule has 3 rings (SSSR count). The van der Waals surface area contributed by atoms with Gasteiger partial charge < -0.3 is 4.74 Å². The molecule has 2 nitrogen and oxygen atoms in total. The highest BCUT2D eigenvalue weighted by atomic mass is 35.5. The van der Waals surface area contributed by atoms with Crippen molar-refractivity contribution in [2.75, 3.05) is 0 Å². The summed E-state index contributed by atoms with van der Waals surface area (Å²) in [5.74, 6) is -0.456. The molecule has 0 saturated heterocycles. The van der Waals surface area contributed by atoms with Gasteiger partial charge in [-0.2, -0.15) is 0 Å². The average molecular weight is 410 g/mol. The summed E-state index contributed by atoms with van der Waals surface area (Å²) in [6, 6.07) is 15.5. The molecule has 1 saturated carbocycles. The highest BCUT2D eigenvalue weighted by molar-refractivity contribution is 6.55. The molecule has 0 radical (unpaired) electrons. The van der Waals surface area contributed by atoms with E-state index in [1.807, 2.05) is 62.4 Å². The van der Waals surface area contributed by atoms with Crippen molar-refractivity contribution in [3.8, 4) is 11.1 Å². The van der Waals surface area contributed by atoms with Crippen molar-refractivity contribution in [1.82, 2.24) is 0 Å². The summed E-state index contributed by atoms with van der Waals surface area (Å²) in [4.78, 5) is 12.4. The van der Waals surface area contributed by atoms with Gasteiger partial charge in [-0.25, -0.2) is 0 Å². The van der Waals surface area contributed by atoms with Crippen LogP contribution in [0.4, 0.5) is 0 Å². The van der Waals surface area contributed by atoms with Gasteiger partial charge in [-0.1, -0.05) is 85.0 Å². The number of rotatable bonds is 5. The van der Waals surface area contributed by atoms with Crippen LogP contribution in [0.5, 0.6) is 0 Å². The lowest BCUT2D eigenvalue weighted by Gasteiger charge is -2.09. The molecule has 1 aliphatic rings. The maximum absolute atomic E-state index is 12.4. The Labute approximate surface area is 168 Å². The number of hydrogen-bond donors (Lipinski definition) is 0. The van der Waals surface area contributed by atoms with Crippen LogP contribution in [0.25, 0.3) is 11.1 Å². The van der Waals surface area contributed by atoms with E-state index >= 15 is 0 Å². The van der Waals surface area contributed by atoms with Crippen LogP contribution < -0.4 is 0 Å². The first kappa shape index (κ1) is 19.3. The van der Waals surface area contributed by atoms with Gasteiger partial charge in [0.25, 0.3) is 0 Å². The largest absolute Gasteiger partial charge is 0.461 e. The number of hydrogen-bond acceptors (Lipinski definition) is 2. The van der Waals surface area contributed by atoms with Gasteiger partial charge in [-0.05, 0) is 40.7 Å². The average Bonchev–Trinajstić information content (AvgIpc) is 3.14. The first-order valence-electron chi connectivity index (χ1n) is 8.34. The Balaban J connectivity index is 1.69. The zero-order chi connectivity index (χ0) is 18.9. The molecule has 0 aromatic heterocycles. The van der Waals surface area contributed by atoms with Crippen molar-refractivity contribution in [2.24, 2.45) is 17.3 Å². The van der Waals surface area contributed by atoms with Gasteiger partial charge >= 0.3 is 5.97 Å². The Hall–Kier alpha value is -1.48. The van der Waals surface area contributed by atoms with Crippen molar-refractivity contribution in [3.05, 3.63) is 69.7 Å². The quantitative estimate of drug-likeness (QED) is 0.517. The van der Waals surface area contributed by atoms with E-state index in [0.717, 1.165) is 16.7 Å². The Bertz CT molecular complexity index is 840. The zero-order valence-electron chi connectivity index (χ0n) is 14.5. The smallest absolute Gasteiger partial charge is 0.310 e. The maximum Gasteiger partial charge on any atom is 0.310 e. The molecule has 136 valence electrons. The van der Waals surface area contributed by atoms with Gasteiger partial charge in [0, 0.05) is 10.6 Å². The van der Waals surface area contributed by atoms with Crippen LogP contribution in [0.1, 0.15) is 19.4 Å². The molecule has 1 aliphatic carbocycles. The predicted molar refractivity (Wildman–Crippen MR) is 107 cm³/mol. The number of halogens is 3. The van der Waals surface area contributed by atoms with Gasteiger partial charge in [0.2, 0.25) is 0 Å². The second-order valence-corrected chi connectivity index (χ2v) is 8.48. The van der Waals surface area contributed by atoms with Crippen molar-refractivity contribution in [1.29, 1.82) is 0 Å². The van der Waals surface area contributed by atoms with Gasteiger partial charge in [-0.15, -0.1) is 0 Å². The third-order valence-corrected chi connectivity index (χ3v) is 5.55. The highest BCUT2D eigenvalue weighted by Gasteiger charge is 2.61. The molecule has 0 heterocycles. The fraction of sp³-hybridized carbons (Fsp3) is 0.286. The molecular weight excluding hydrogens is 391 g/mol. The van der Waals surface area contributed by atoms with E-state index in [2.05, 4.69) is 0 Å². The summed E-state index contributed by atoms with van der Waals surface area (Å²) in [7, 11) is 0. The number of ether oxygens (including phenoxy) is 1. The van der Waals surface area contributed by atoms with Crippen LogP contribution in [-0.2, 0) is 16.1 Å². The fourth-order valence-corrected chi connectivity index (χ4v) is 3.82. The molecule has 0 N–H and O–H groups in total. The Morgan fingerprint density at radius 2 is 1.85 bits per heavy atom. The third-order valence-electron chi connectivity index (χ3n) is 4.97. The fourth-order valence-electron chi connectivity index (χ4n) is 3.32. The van der Waals surface area contributed by atoms with Crippen LogP contribution in [0, 0.1) is 17.3 Å². The van der Waals surface area contributed by atoms with Gasteiger partial charge in [-0.3, -0.25) is 4.79 Å². The molecule has 0 spiro atoms. The van der Waals surface area contributed by atoms with Crippen LogP contribution in [0.2, 0.25) is 5.02 Å². The molecule has 1 fully saturated rings. The minimum absolute atomic E-state index is 0.00472. The molecule has 0 amide bonds. The van der Waals surface area contributed by atoms with Gasteiger partial charge in [0.1, 0.15) is 11.1 Å². The first-order valence-corrected chi connectivity index (χ1v) is 9.47. The van der Waals surface area contributed by atoms with Crippen LogP contribution in [0.15, 0.2) is 59.1 Å². The summed E-state index contributed by atoms with van der Waals surface area (Å²) in [6.07, 6.45) is 1.71. The van der Waals surface area contributed by atoms with Crippen molar-refractivity contribution >= 4 is 40.8 Å². The lowest BCUT2D eigenvalue weighted by molar-refractivity contribution is -0.147. The molecule has 2 unspecified atom stereocenters. The second kappa shape index (κ2) is 7.64. The molecule has 2 aromatic carbocycles. The topological polar surface area (TPSA) is 26.3 Å². The number of carbonyl (C=O) groups is 1. The van der Waals surface area contributed by atoms with E-state index in [4.69, 9.17) is 39.5 Å². The molecule has 2 atom stereocenters. The number of allylic oxidation sites excluding steroid dienone is 1. The summed E-state index contributed by atoms with van der Waals surface area (Å²) in [5, 5.41) is 0.663. The lowest BCUT2D eigenvalue weighted by atomic mass is 10.0. The standard InChI is InChI=1S/C21H19Cl3O2/c1-21(2)16(11-18(23)24)19(21)20(25)26-12-13-8-9-17(22)15(10-13)14-6-4-3-5-7-14/h3-11,16,19H,12H2,1-2H3. The van der Waals surface area contributed by atoms with E-state index in [1.165, 1.54) is 0 Å². The van der Waals surface area contributed by atoms with Crippen LogP contribution in [-0.4, -0.2) is 5.97 Å². The zero-order valence-corrected chi connectivity index (χ0v) is 16.8.